The minimum absolute atomic E-state index is 0.0892. The molecule has 0 bridgehead atoms. The van der Waals surface area contributed by atoms with Crippen molar-refractivity contribution >= 4 is 34.0 Å². The van der Waals surface area contributed by atoms with E-state index in [0.29, 0.717) is 52.8 Å². The van der Waals surface area contributed by atoms with Crippen LogP contribution in [0.25, 0.3) is 11.5 Å². The van der Waals surface area contributed by atoms with Crippen LogP contribution < -0.4 is 14.8 Å². The second-order valence-corrected chi connectivity index (χ2v) is 9.09. The number of nitrogens with one attached hydrogen (secondary N) is 1. The largest absolute Gasteiger partial charge is 0.480 e. The van der Waals surface area contributed by atoms with Gasteiger partial charge < -0.3 is 29.2 Å². The highest BCUT2D eigenvalue weighted by Gasteiger charge is 2.31. The fraction of sp³-hybridized carbons (Fsp3) is 0.208. The number of hydrogen-bond acceptors (Lipinski definition) is 10. The third kappa shape index (κ3) is 5.13. The SMILES string of the molecule is Cc1nnc(-c2ccc(Oc3cc(Nc4ncc(C(=O)O)s4)cc(OC4CCN(C)C4=O)c3)cc2)o1. The van der Waals surface area contributed by atoms with Gasteiger partial charge >= 0.3 is 5.97 Å². The zero-order valence-electron chi connectivity index (χ0n) is 19.3. The summed E-state index contributed by atoms with van der Waals surface area (Å²) in [5.41, 5.74) is 1.31. The number of carboxylic acids is 1. The third-order valence-corrected chi connectivity index (χ3v) is 6.27. The molecule has 1 saturated heterocycles. The Balaban J connectivity index is 1.40. The van der Waals surface area contributed by atoms with Gasteiger partial charge in [0.15, 0.2) is 11.2 Å². The lowest BCUT2D eigenvalue weighted by Crippen LogP contribution is -2.29. The highest BCUT2D eigenvalue weighted by Crippen LogP contribution is 2.34. The Bertz CT molecular complexity index is 1420. The number of likely N-dealkylation sites (N-methyl/N-ethyl adjacent to an activating group) is 1. The van der Waals surface area contributed by atoms with Crippen LogP contribution in [0.3, 0.4) is 0 Å². The van der Waals surface area contributed by atoms with Crippen LogP contribution in [-0.4, -0.2) is 56.8 Å². The molecule has 184 valence electrons. The second kappa shape index (κ2) is 9.66. The van der Waals surface area contributed by atoms with Crippen LogP contribution in [-0.2, 0) is 4.79 Å². The molecule has 1 unspecified atom stereocenters. The average Bonchev–Trinajstić information content (AvgIpc) is 3.57. The summed E-state index contributed by atoms with van der Waals surface area (Å²) in [7, 11) is 1.74. The third-order valence-electron chi connectivity index (χ3n) is 5.37. The number of benzene rings is 2. The number of rotatable bonds is 8. The smallest absolute Gasteiger partial charge is 0.347 e. The van der Waals surface area contributed by atoms with E-state index in [0.717, 1.165) is 16.9 Å². The molecule has 0 aliphatic carbocycles. The first-order valence-corrected chi connectivity index (χ1v) is 11.8. The molecule has 0 spiro atoms. The number of carboxylic acid groups (broad SMARTS) is 1. The van der Waals surface area contributed by atoms with Gasteiger partial charge in [0.25, 0.3) is 5.91 Å². The van der Waals surface area contributed by atoms with E-state index in [9.17, 15) is 9.59 Å². The van der Waals surface area contributed by atoms with Gasteiger partial charge in [-0.25, -0.2) is 9.78 Å². The number of aryl methyl sites for hydroxylation is 1. The number of ether oxygens (including phenoxy) is 2. The van der Waals surface area contributed by atoms with E-state index in [1.807, 2.05) is 0 Å². The van der Waals surface area contributed by atoms with Crippen molar-refractivity contribution in [1.29, 1.82) is 0 Å². The van der Waals surface area contributed by atoms with E-state index in [4.69, 9.17) is 19.0 Å². The summed E-state index contributed by atoms with van der Waals surface area (Å²) in [6.07, 6.45) is 1.27. The lowest BCUT2D eigenvalue weighted by Gasteiger charge is -2.16. The lowest BCUT2D eigenvalue weighted by molar-refractivity contribution is -0.132. The summed E-state index contributed by atoms with van der Waals surface area (Å²) < 4.78 is 17.5. The Hall–Kier alpha value is -4.45. The van der Waals surface area contributed by atoms with E-state index in [-0.39, 0.29) is 10.8 Å². The number of carbonyl (C=O) groups excluding carboxylic acids is 1. The van der Waals surface area contributed by atoms with Gasteiger partial charge in [0, 0.05) is 56.4 Å². The van der Waals surface area contributed by atoms with Crippen molar-refractivity contribution < 1.29 is 28.6 Å². The fourth-order valence-corrected chi connectivity index (χ4v) is 4.28. The van der Waals surface area contributed by atoms with Crippen molar-refractivity contribution in [3.05, 3.63) is 59.4 Å². The van der Waals surface area contributed by atoms with Gasteiger partial charge in [-0.3, -0.25) is 4.79 Å². The number of amides is 1. The molecule has 4 aromatic rings. The number of anilines is 2. The Morgan fingerprint density at radius 2 is 1.94 bits per heavy atom. The molecule has 1 fully saturated rings. The molecule has 5 rings (SSSR count). The van der Waals surface area contributed by atoms with E-state index in [2.05, 4.69) is 20.5 Å². The summed E-state index contributed by atoms with van der Waals surface area (Å²) in [6, 6.07) is 12.3. The Morgan fingerprint density at radius 3 is 2.58 bits per heavy atom. The molecule has 1 aliphatic rings. The zero-order chi connectivity index (χ0) is 25.2. The maximum atomic E-state index is 12.4. The number of aromatic nitrogens is 3. The standard InChI is InChI=1S/C24H21N5O6S/c1-13-27-28-21(33-13)14-3-5-16(6-4-14)34-17-9-15(26-24-25-12-20(36-24)23(31)32)10-18(11-17)35-19-7-8-29(2)22(19)30/h3-6,9-12,19H,7-8H2,1-2H3,(H,25,26)(H,31,32). The molecule has 36 heavy (non-hydrogen) atoms. The summed E-state index contributed by atoms with van der Waals surface area (Å²) in [6.45, 7) is 2.34. The lowest BCUT2D eigenvalue weighted by atomic mass is 10.2. The molecule has 2 aromatic heterocycles. The van der Waals surface area contributed by atoms with Gasteiger partial charge in [-0.1, -0.05) is 11.3 Å². The molecule has 1 aliphatic heterocycles. The van der Waals surface area contributed by atoms with Crippen molar-refractivity contribution in [2.24, 2.45) is 0 Å². The second-order valence-electron chi connectivity index (χ2n) is 8.06. The summed E-state index contributed by atoms with van der Waals surface area (Å²) in [4.78, 5) is 29.4. The molecule has 11 nitrogen and oxygen atoms in total. The van der Waals surface area contributed by atoms with Crippen molar-refractivity contribution in [2.75, 3.05) is 18.9 Å². The highest BCUT2D eigenvalue weighted by molar-refractivity contribution is 7.17. The topological polar surface area (TPSA) is 140 Å². The highest BCUT2D eigenvalue weighted by atomic mass is 32.1. The summed E-state index contributed by atoms with van der Waals surface area (Å²) in [5.74, 6) is 1.18. The quantitative estimate of drug-likeness (QED) is 0.354. The number of aromatic carboxylic acids is 1. The average molecular weight is 508 g/mol. The minimum atomic E-state index is -1.05. The molecule has 0 radical (unpaired) electrons. The van der Waals surface area contributed by atoms with Gasteiger partial charge in [0.2, 0.25) is 11.8 Å². The van der Waals surface area contributed by atoms with Gasteiger partial charge in [-0.2, -0.15) is 0 Å². The Kier molecular flexibility index (Phi) is 6.25. The summed E-state index contributed by atoms with van der Waals surface area (Å²) >= 11 is 1.00. The van der Waals surface area contributed by atoms with Crippen LogP contribution in [0.1, 0.15) is 22.0 Å². The monoisotopic (exact) mass is 507 g/mol. The first-order valence-electron chi connectivity index (χ1n) is 11.0. The first-order chi connectivity index (χ1) is 17.3. The molecular weight excluding hydrogens is 486 g/mol. The van der Waals surface area contributed by atoms with Crippen LogP contribution in [0.2, 0.25) is 0 Å². The van der Waals surface area contributed by atoms with Gasteiger partial charge in [0.1, 0.15) is 22.1 Å². The van der Waals surface area contributed by atoms with Crippen LogP contribution in [0.4, 0.5) is 10.8 Å². The van der Waals surface area contributed by atoms with Gasteiger partial charge in [-0.05, 0) is 24.3 Å². The molecule has 12 heteroatoms. The number of hydrogen-bond donors (Lipinski definition) is 2. The molecule has 2 aromatic carbocycles. The molecule has 1 atom stereocenters. The first kappa shape index (κ1) is 23.3. The van der Waals surface area contributed by atoms with E-state index in [1.54, 1.807) is 61.3 Å². The normalized spacial score (nSPS) is 15.2. The Labute approximate surface area is 209 Å². The number of likely N-dealkylation sites (tertiary alicyclic amines) is 1. The van der Waals surface area contributed by atoms with E-state index < -0.39 is 12.1 Å². The Morgan fingerprint density at radius 1 is 1.17 bits per heavy atom. The molecular formula is C24H21N5O6S. The molecule has 1 amide bonds. The van der Waals surface area contributed by atoms with Crippen LogP contribution >= 0.6 is 11.3 Å². The van der Waals surface area contributed by atoms with Crippen molar-refractivity contribution in [3.8, 4) is 28.7 Å². The van der Waals surface area contributed by atoms with Crippen LogP contribution in [0.15, 0.2) is 53.1 Å². The van der Waals surface area contributed by atoms with E-state index in [1.165, 1.54) is 6.20 Å². The maximum absolute atomic E-state index is 12.4. The van der Waals surface area contributed by atoms with Crippen LogP contribution in [0.5, 0.6) is 17.2 Å². The predicted molar refractivity (Wildman–Crippen MR) is 130 cm³/mol. The molecule has 0 saturated carbocycles. The number of carbonyl (C=O) groups is 2. The minimum Gasteiger partial charge on any atom is -0.480 e. The van der Waals surface area contributed by atoms with E-state index >= 15 is 0 Å². The molecule has 2 N–H and O–H groups in total. The summed E-state index contributed by atoms with van der Waals surface area (Å²) in [5, 5.41) is 20.5. The van der Waals surface area contributed by atoms with Crippen molar-refractivity contribution in [1.82, 2.24) is 20.1 Å². The van der Waals surface area contributed by atoms with Gasteiger partial charge in [0.05, 0.1) is 6.20 Å². The van der Waals surface area contributed by atoms with Crippen molar-refractivity contribution in [3.63, 3.8) is 0 Å². The predicted octanol–water partition coefficient (Wildman–Crippen LogP) is 4.35. The zero-order valence-corrected chi connectivity index (χ0v) is 20.1. The van der Waals surface area contributed by atoms with Crippen molar-refractivity contribution in [2.45, 2.75) is 19.4 Å². The number of nitrogens with zero attached hydrogens (tertiary/aromatic N) is 4. The fourth-order valence-electron chi connectivity index (χ4n) is 3.60. The number of thiazole rings is 1. The van der Waals surface area contributed by atoms with Crippen LogP contribution in [0, 0.1) is 6.92 Å². The maximum Gasteiger partial charge on any atom is 0.347 e. The van der Waals surface area contributed by atoms with Gasteiger partial charge in [-0.15, -0.1) is 10.2 Å². The molecule has 3 heterocycles.